The van der Waals surface area contributed by atoms with E-state index in [0.717, 1.165) is 18.8 Å². The zero-order valence-electron chi connectivity index (χ0n) is 10.2. The van der Waals surface area contributed by atoms with E-state index in [4.69, 9.17) is 4.74 Å². The first-order valence-corrected chi connectivity index (χ1v) is 6.18. The molecule has 2 aromatic carbocycles. The van der Waals surface area contributed by atoms with Gasteiger partial charge < -0.3 is 4.74 Å². The van der Waals surface area contributed by atoms with Crippen molar-refractivity contribution in [1.82, 2.24) is 0 Å². The molecular weight excluding hydrogens is 208 g/mol. The largest absolute Gasteiger partial charge is 0.494 e. The molecule has 0 aliphatic heterocycles. The summed E-state index contributed by atoms with van der Waals surface area (Å²) in [6.45, 7) is 2.98. The Kier molecular flexibility index (Phi) is 4.20. The van der Waals surface area contributed by atoms with Crippen molar-refractivity contribution in [2.45, 2.75) is 19.8 Å². The Hall–Kier alpha value is -1.76. The molecule has 0 aliphatic carbocycles. The van der Waals surface area contributed by atoms with E-state index in [-0.39, 0.29) is 0 Å². The lowest BCUT2D eigenvalue weighted by Gasteiger charge is -2.06. The number of unbranched alkanes of at least 4 members (excludes halogenated alkanes) is 1. The van der Waals surface area contributed by atoms with Gasteiger partial charge >= 0.3 is 0 Å². The minimum absolute atomic E-state index is 0.807. The minimum Gasteiger partial charge on any atom is -0.494 e. The van der Waals surface area contributed by atoms with Gasteiger partial charge in [-0.05, 0) is 29.7 Å². The normalized spacial score (nSPS) is 10.2. The summed E-state index contributed by atoms with van der Waals surface area (Å²) in [6, 6.07) is 18.7. The molecule has 0 aromatic heterocycles. The fourth-order valence-corrected chi connectivity index (χ4v) is 1.71. The Morgan fingerprint density at radius 2 is 1.47 bits per heavy atom. The summed E-state index contributed by atoms with van der Waals surface area (Å²) < 4.78 is 5.64. The van der Waals surface area contributed by atoms with Gasteiger partial charge in [0.05, 0.1) is 6.61 Å². The average Bonchev–Trinajstić information content (AvgIpc) is 2.41. The van der Waals surface area contributed by atoms with Gasteiger partial charge in [-0.15, -0.1) is 0 Å². The van der Waals surface area contributed by atoms with Crippen LogP contribution in [0.3, 0.4) is 0 Å². The molecule has 0 N–H and O–H groups in total. The summed E-state index contributed by atoms with van der Waals surface area (Å²) >= 11 is 0. The highest BCUT2D eigenvalue weighted by Gasteiger charge is 1.97. The van der Waals surface area contributed by atoms with Crippen molar-refractivity contribution in [3.05, 3.63) is 54.6 Å². The topological polar surface area (TPSA) is 9.23 Å². The summed E-state index contributed by atoms with van der Waals surface area (Å²) in [6.07, 6.45) is 2.28. The van der Waals surface area contributed by atoms with Gasteiger partial charge in [0.2, 0.25) is 0 Å². The molecule has 0 amide bonds. The zero-order chi connectivity index (χ0) is 11.9. The SMILES string of the molecule is CCCCOc1ccc(-c2ccccc2)cc1. The molecule has 0 aliphatic rings. The van der Waals surface area contributed by atoms with Gasteiger partial charge in [0.25, 0.3) is 0 Å². The van der Waals surface area contributed by atoms with Crippen molar-refractivity contribution in [3.8, 4) is 16.9 Å². The van der Waals surface area contributed by atoms with Gasteiger partial charge in [-0.3, -0.25) is 0 Å². The van der Waals surface area contributed by atoms with E-state index in [1.54, 1.807) is 0 Å². The Balaban J connectivity index is 2.03. The molecule has 0 atom stereocenters. The van der Waals surface area contributed by atoms with Gasteiger partial charge in [-0.2, -0.15) is 0 Å². The first kappa shape index (κ1) is 11.7. The number of rotatable bonds is 5. The second kappa shape index (κ2) is 6.09. The van der Waals surface area contributed by atoms with Crippen LogP contribution in [0.4, 0.5) is 0 Å². The second-order valence-electron chi connectivity index (χ2n) is 4.09. The quantitative estimate of drug-likeness (QED) is 0.680. The van der Waals surface area contributed by atoms with E-state index in [9.17, 15) is 0 Å². The molecule has 1 heteroatoms. The highest BCUT2D eigenvalue weighted by atomic mass is 16.5. The molecule has 0 bridgehead atoms. The summed E-state index contributed by atoms with van der Waals surface area (Å²) in [4.78, 5) is 0. The molecule has 17 heavy (non-hydrogen) atoms. The molecule has 0 saturated carbocycles. The second-order valence-corrected chi connectivity index (χ2v) is 4.09. The van der Waals surface area contributed by atoms with Crippen LogP contribution in [-0.4, -0.2) is 6.61 Å². The smallest absolute Gasteiger partial charge is 0.119 e. The predicted octanol–water partition coefficient (Wildman–Crippen LogP) is 4.53. The van der Waals surface area contributed by atoms with E-state index in [1.165, 1.54) is 17.5 Å². The number of ether oxygens (including phenoxy) is 1. The number of benzene rings is 2. The Morgan fingerprint density at radius 3 is 2.12 bits per heavy atom. The molecule has 1 nitrogen and oxygen atoms in total. The van der Waals surface area contributed by atoms with Crippen LogP contribution in [0, 0.1) is 0 Å². The molecule has 2 aromatic rings. The summed E-state index contributed by atoms with van der Waals surface area (Å²) in [5.74, 6) is 0.957. The maximum Gasteiger partial charge on any atom is 0.119 e. The van der Waals surface area contributed by atoms with E-state index in [1.807, 2.05) is 18.2 Å². The van der Waals surface area contributed by atoms with Crippen LogP contribution in [0.1, 0.15) is 19.8 Å². The lowest BCUT2D eigenvalue weighted by atomic mass is 10.1. The van der Waals surface area contributed by atoms with Crippen molar-refractivity contribution < 1.29 is 4.74 Å². The molecule has 0 fully saturated rings. The average molecular weight is 226 g/mol. The highest BCUT2D eigenvalue weighted by Crippen LogP contribution is 2.22. The van der Waals surface area contributed by atoms with E-state index >= 15 is 0 Å². The molecular formula is C16H18O. The molecule has 0 spiro atoms. The van der Waals surface area contributed by atoms with Crippen molar-refractivity contribution in [1.29, 1.82) is 0 Å². The third kappa shape index (κ3) is 3.35. The lowest BCUT2D eigenvalue weighted by molar-refractivity contribution is 0.309. The van der Waals surface area contributed by atoms with Crippen LogP contribution < -0.4 is 4.74 Å². The summed E-state index contributed by atoms with van der Waals surface area (Å²) in [5, 5.41) is 0. The first-order valence-electron chi connectivity index (χ1n) is 6.18. The van der Waals surface area contributed by atoms with Gasteiger partial charge in [-0.1, -0.05) is 55.8 Å². The maximum atomic E-state index is 5.64. The highest BCUT2D eigenvalue weighted by molar-refractivity contribution is 5.63. The van der Waals surface area contributed by atoms with Gasteiger partial charge in [0.1, 0.15) is 5.75 Å². The predicted molar refractivity (Wildman–Crippen MR) is 72.3 cm³/mol. The van der Waals surface area contributed by atoms with Gasteiger partial charge in [0.15, 0.2) is 0 Å². The van der Waals surface area contributed by atoms with Crippen LogP contribution >= 0.6 is 0 Å². The Bertz CT molecular complexity index is 431. The Morgan fingerprint density at radius 1 is 0.824 bits per heavy atom. The molecule has 0 saturated heterocycles. The zero-order valence-corrected chi connectivity index (χ0v) is 10.2. The van der Waals surface area contributed by atoms with Crippen molar-refractivity contribution in [2.24, 2.45) is 0 Å². The van der Waals surface area contributed by atoms with Crippen LogP contribution in [-0.2, 0) is 0 Å². The standard InChI is InChI=1S/C16H18O/c1-2-3-13-17-16-11-9-15(10-12-16)14-7-5-4-6-8-14/h4-12H,2-3,13H2,1H3. The lowest BCUT2D eigenvalue weighted by Crippen LogP contribution is -1.95. The maximum absolute atomic E-state index is 5.64. The minimum atomic E-state index is 0.807. The fourth-order valence-electron chi connectivity index (χ4n) is 1.71. The third-order valence-electron chi connectivity index (χ3n) is 2.73. The van der Waals surface area contributed by atoms with Crippen molar-refractivity contribution >= 4 is 0 Å². The Labute approximate surface area is 103 Å². The third-order valence-corrected chi connectivity index (χ3v) is 2.73. The molecule has 0 unspecified atom stereocenters. The van der Waals surface area contributed by atoms with Crippen molar-refractivity contribution in [2.75, 3.05) is 6.61 Å². The molecule has 0 radical (unpaired) electrons. The van der Waals surface area contributed by atoms with Crippen LogP contribution in [0.25, 0.3) is 11.1 Å². The molecule has 88 valence electrons. The molecule has 2 rings (SSSR count). The number of hydrogen-bond acceptors (Lipinski definition) is 1. The van der Waals surface area contributed by atoms with Gasteiger partial charge in [-0.25, -0.2) is 0 Å². The van der Waals surface area contributed by atoms with Gasteiger partial charge in [0, 0.05) is 0 Å². The van der Waals surface area contributed by atoms with E-state index in [0.29, 0.717) is 0 Å². The monoisotopic (exact) mass is 226 g/mol. The van der Waals surface area contributed by atoms with Crippen molar-refractivity contribution in [3.63, 3.8) is 0 Å². The van der Waals surface area contributed by atoms with Crippen LogP contribution in [0.15, 0.2) is 54.6 Å². The first-order chi connectivity index (χ1) is 8.40. The summed E-state index contributed by atoms with van der Waals surface area (Å²) in [5.41, 5.74) is 2.47. The van der Waals surface area contributed by atoms with Crippen LogP contribution in [0.5, 0.6) is 5.75 Å². The molecule has 0 heterocycles. The fraction of sp³-hybridized carbons (Fsp3) is 0.250. The van der Waals surface area contributed by atoms with E-state index in [2.05, 4.69) is 43.3 Å². The van der Waals surface area contributed by atoms with E-state index < -0.39 is 0 Å². The van der Waals surface area contributed by atoms with Crippen LogP contribution in [0.2, 0.25) is 0 Å². The summed E-state index contributed by atoms with van der Waals surface area (Å²) in [7, 11) is 0. The number of hydrogen-bond donors (Lipinski definition) is 0.